The first-order valence-electron chi connectivity index (χ1n) is 6.00. The van der Waals surface area contributed by atoms with Crippen molar-refractivity contribution in [2.24, 2.45) is 0 Å². The van der Waals surface area contributed by atoms with Gasteiger partial charge in [0, 0.05) is 18.2 Å². The van der Waals surface area contributed by atoms with E-state index in [1.807, 2.05) is 18.2 Å². The van der Waals surface area contributed by atoms with Crippen LogP contribution in [0.1, 0.15) is 5.56 Å². The van der Waals surface area contributed by atoms with Crippen LogP contribution in [0.5, 0.6) is 11.5 Å². The van der Waals surface area contributed by atoms with Crippen LogP contribution in [0, 0.1) is 5.82 Å². The Kier molecular flexibility index (Phi) is 4.23. The van der Waals surface area contributed by atoms with Crippen LogP contribution in [0.2, 0.25) is 0 Å². The maximum Gasteiger partial charge on any atom is 0.165 e. The Balaban J connectivity index is 1.90. The largest absolute Gasteiger partial charge is 0.494 e. The second kappa shape index (κ2) is 6.09. The van der Waals surface area contributed by atoms with E-state index in [2.05, 4.69) is 0 Å². The molecule has 0 saturated heterocycles. The lowest BCUT2D eigenvalue weighted by Crippen LogP contribution is -2.02. The summed E-state index contributed by atoms with van der Waals surface area (Å²) < 4.78 is 23.9. The summed E-state index contributed by atoms with van der Waals surface area (Å²) in [6, 6.07) is 12.1. The summed E-state index contributed by atoms with van der Waals surface area (Å²) in [5.74, 6) is 0.610. The standard InChI is InChI=1S/C15H16FNO2/c1-18-15-6-5-11(9-14(15)16)7-8-19-13-4-2-3-12(17)10-13/h2-6,9-10H,7-8,17H2,1H3. The van der Waals surface area contributed by atoms with Crippen LogP contribution in [0.3, 0.4) is 0 Å². The van der Waals surface area contributed by atoms with E-state index < -0.39 is 0 Å². The molecule has 100 valence electrons. The minimum Gasteiger partial charge on any atom is -0.494 e. The summed E-state index contributed by atoms with van der Waals surface area (Å²) >= 11 is 0. The zero-order chi connectivity index (χ0) is 13.7. The average Bonchev–Trinajstić information content (AvgIpc) is 2.39. The van der Waals surface area contributed by atoms with Crippen molar-refractivity contribution in [3.05, 3.63) is 53.8 Å². The second-order valence-corrected chi connectivity index (χ2v) is 4.14. The SMILES string of the molecule is COc1ccc(CCOc2cccc(N)c2)cc1F. The quantitative estimate of drug-likeness (QED) is 0.841. The third kappa shape index (κ3) is 3.61. The summed E-state index contributed by atoms with van der Waals surface area (Å²) in [6.45, 7) is 0.467. The molecule has 0 amide bonds. The molecule has 0 aromatic heterocycles. The van der Waals surface area contributed by atoms with Crippen molar-refractivity contribution in [1.82, 2.24) is 0 Å². The molecular formula is C15H16FNO2. The minimum absolute atomic E-state index is 0.250. The number of benzene rings is 2. The maximum absolute atomic E-state index is 13.5. The number of nitrogen functional groups attached to an aromatic ring is 1. The highest BCUT2D eigenvalue weighted by Crippen LogP contribution is 2.19. The van der Waals surface area contributed by atoms with Gasteiger partial charge in [0.25, 0.3) is 0 Å². The van der Waals surface area contributed by atoms with E-state index in [0.717, 1.165) is 5.56 Å². The van der Waals surface area contributed by atoms with E-state index in [4.69, 9.17) is 15.2 Å². The van der Waals surface area contributed by atoms with E-state index in [0.29, 0.717) is 24.5 Å². The molecule has 2 aromatic rings. The number of anilines is 1. The van der Waals surface area contributed by atoms with E-state index in [1.165, 1.54) is 13.2 Å². The maximum atomic E-state index is 13.5. The molecule has 2 aromatic carbocycles. The van der Waals surface area contributed by atoms with Crippen molar-refractivity contribution in [3.8, 4) is 11.5 Å². The number of methoxy groups -OCH3 is 1. The lowest BCUT2D eigenvalue weighted by atomic mass is 10.1. The minimum atomic E-state index is -0.357. The molecule has 0 radical (unpaired) electrons. The first kappa shape index (κ1) is 13.2. The second-order valence-electron chi connectivity index (χ2n) is 4.14. The molecule has 0 atom stereocenters. The third-order valence-electron chi connectivity index (χ3n) is 2.73. The highest BCUT2D eigenvalue weighted by atomic mass is 19.1. The molecule has 2 rings (SSSR count). The van der Waals surface area contributed by atoms with Gasteiger partial charge in [0.05, 0.1) is 13.7 Å². The van der Waals surface area contributed by atoms with Crippen LogP contribution in [0.15, 0.2) is 42.5 Å². The fourth-order valence-electron chi connectivity index (χ4n) is 1.76. The van der Waals surface area contributed by atoms with Gasteiger partial charge in [-0.2, -0.15) is 0 Å². The molecule has 0 aliphatic carbocycles. The number of rotatable bonds is 5. The van der Waals surface area contributed by atoms with E-state index in [-0.39, 0.29) is 11.6 Å². The van der Waals surface area contributed by atoms with Crippen LogP contribution >= 0.6 is 0 Å². The van der Waals surface area contributed by atoms with E-state index in [9.17, 15) is 4.39 Å². The van der Waals surface area contributed by atoms with Crippen LogP contribution in [0.25, 0.3) is 0 Å². The molecule has 3 nitrogen and oxygen atoms in total. The Morgan fingerprint density at radius 2 is 2.00 bits per heavy atom. The van der Waals surface area contributed by atoms with E-state index >= 15 is 0 Å². The molecule has 4 heteroatoms. The van der Waals surface area contributed by atoms with Crippen molar-refractivity contribution in [2.75, 3.05) is 19.5 Å². The first-order chi connectivity index (χ1) is 9.19. The van der Waals surface area contributed by atoms with Gasteiger partial charge in [-0.05, 0) is 29.8 Å². The summed E-state index contributed by atoms with van der Waals surface area (Å²) in [7, 11) is 1.45. The van der Waals surface area contributed by atoms with Gasteiger partial charge in [-0.3, -0.25) is 0 Å². The molecular weight excluding hydrogens is 245 g/mol. The Morgan fingerprint density at radius 3 is 2.68 bits per heavy atom. The normalized spacial score (nSPS) is 10.2. The summed E-state index contributed by atoms with van der Waals surface area (Å²) in [6.07, 6.45) is 0.621. The number of halogens is 1. The van der Waals surface area contributed by atoms with Crippen molar-refractivity contribution in [1.29, 1.82) is 0 Å². The Hall–Kier alpha value is -2.23. The van der Waals surface area contributed by atoms with Gasteiger partial charge >= 0.3 is 0 Å². The molecule has 0 aliphatic heterocycles. The van der Waals surface area contributed by atoms with Crippen molar-refractivity contribution < 1.29 is 13.9 Å². The molecule has 0 bridgehead atoms. The van der Waals surface area contributed by atoms with Gasteiger partial charge in [0.15, 0.2) is 11.6 Å². The zero-order valence-corrected chi connectivity index (χ0v) is 10.7. The molecule has 19 heavy (non-hydrogen) atoms. The lowest BCUT2D eigenvalue weighted by molar-refractivity contribution is 0.321. The first-order valence-corrected chi connectivity index (χ1v) is 6.00. The van der Waals surface area contributed by atoms with Crippen LogP contribution in [-0.2, 0) is 6.42 Å². The monoisotopic (exact) mass is 261 g/mol. The number of hydrogen-bond donors (Lipinski definition) is 1. The Labute approximate surface area is 111 Å². The van der Waals surface area contributed by atoms with Crippen molar-refractivity contribution in [3.63, 3.8) is 0 Å². The highest BCUT2D eigenvalue weighted by Gasteiger charge is 2.03. The smallest absolute Gasteiger partial charge is 0.165 e. The molecule has 0 fully saturated rings. The molecule has 0 spiro atoms. The van der Waals surface area contributed by atoms with Crippen molar-refractivity contribution in [2.45, 2.75) is 6.42 Å². The molecule has 0 heterocycles. The van der Waals surface area contributed by atoms with Crippen LogP contribution < -0.4 is 15.2 Å². The van der Waals surface area contributed by atoms with Gasteiger partial charge in [-0.1, -0.05) is 12.1 Å². The molecule has 0 unspecified atom stereocenters. The molecule has 2 N–H and O–H groups in total. The van der Waals surface area contributed by atoms with Crippen LogP contribution in [-0.4, -0.2) is 13.7 Å². The third-order valence-corrected chi connectivity index (χ3v) is 2.73. The fourth-order valence-corrected chi connectivity index (χ4v) is 1.76. The zero-order valence-electron chi connectivity index (χ0n) is 10.7. The predicted octanol–water partition coefficient (Wildman–Crippen LogP) is 3.04. The van der Waals surface area contributed by atoms with E-state index in [1.54, 1.807) is 18.2 Å². The van der Waals surface area contributed by atoms with Gasteiger partial charge < -0.3 is 15.2 Å². The summed E-state index contributed by atoms with van der Waals surface area (Å²) in [5, 5.41) is 0. The number of ether oxygens (including phenoxy) is 2. The van der Waals surface area contributed by atoms with Gasteiger partial charge in [0.1, 0.15) is 5.75 Å². The lowest BCUT2D eigenvalue weighted by Gasteiger charge is -2.08. The van der Waals surface area contributed by atoms with Gasteiger partial charge in [-0.25, -0.2) is 4.39 Å². The Bertz CT molecular complexity index is 558. The average molecular weight is 261 g/mol. The molecule has 0 aliphatic rings. The topological polar surface area (TPSA) is 44.5 Å². The van der Waals surface area contributed by atoms with Gasteiger partial charge in [-0.15, -0.1) is 0 Å². The number of hydrogen-bond acceptors (Lipinski definition) is 3. The summed E-state index contributed by atoms with van der Waals surface area (Å²) in [5.41, 5.74) is 7.17. The van der Waals surface area contributed by atoms with Gasteiger partial charge in [0.2, 0.25) is 0 Å². The fraction of sp³-hybridized carbons (Fsp3) is 0.200. The Morgan fingerprint density at radius 1 is 1.16 bits per heavy atom. The van der Waals surface area contributed by atoms with Crippen molar-refractivity contribution >= 4 is 5.69 Å². The van der Waals surface area contributed by atoms with Crippen LogP contribution in [0.4, 0.5) is 10.1 Å². The number of nitrogens with two attached hydrogens (primary N) is 1. The predicted molar refractivity (Wildman–Crippen MR) is 73.0 cm³/mol. The highest BCUT2D eigenvalue weighted by molar-refractivity contribution is 5.43. The molecule has 0 saturated carbocycles. The summed E-state index contributed by atoms with van der Waals surface area (Å²) in [4.78, 5) is 0.